The number of ether oxygens (including phenoxy) is 1. The fourth-order valence-electron chi connectivity index (χ4n) is 1.43. The van der Waals surface area contributed by atoms with E-state index in [4.69, 9.17) is 5.11 Å². The number of aliphatic carboxylic acids is 1. The largest absolute Gasteiger partial charge is 0.478 e. The first kappa shape index (κ1) is 14.6. The Labute approximate surface area is 106 Å². The first-order valence-electron chi connectivity index (χ1n) is 4.96. The van der Waals surface area contributed by atoms with Crippen LogP contribution in [0.15, 0.2) is 18.2 Å². The van der Waals surface area contributed by atoms with Gasteiger partial charge in [0.15, 0.2) is 0 Å². The molecule has 0 saturated carbocycles. The van der Waals surface area contributed by atoms with Crippen LogP contribution in [0.4, 0.5) is 14.5 Å². The fourth-order valence-corrected chi connectivity index (χ4v) is 1.43. The molecule has 0 saturated heterocycles. The highest BCUT2D eigenvalue weighted by Gasteiger charge is 2.23. The van der Waals surface area contributed by atoms with Gasteiger partial charge in [-0.1, -0.05) is 6.07 Å². The fraction of sp³-hybridized carbons (Fsp3) is 0.182. The minimum atomic E-state index is -3.21. The Morgan fingerprint density at radius 3 is 2.63 bits per heavy atom. The summed E-state index contributed by atoms with van der Waals surface area (Å²) in [4.78, 5) is 20.4. The van der Waals surface area contributed by atoms with Gasteiger partial charge in [0.2, 0.25) is 5.75 Å². The van der Waals surface area contributed by atoms with Gasteiger partial charge >= 0.3 is 18.3 Å². The molecule has 0 aromatic heterocycles. The number of carbonyl (C=O) groups is 1. The second-order valence-corrected chi connectivity index (χ2v) is 3.45. The van der Waals surface area contributed by atoms with E-state index in [-0.39, 0.29) is 5.56 Å². The van der Waals surface area contributed by atoms with E-state index in [1.54, 1.807) is 0 Å². The maximum Gasteiger partial charge on any atom is 0.387 e. The number of hydrogen-bond acceptors (Lipinski definition) is 4. The molecule has 1 N–H and O–H groups in total. The number of nitro benzene ring substituents is 1. The van der Waals surface area contributed by atoms with Gasteiger partial charge in [0.1, 0.15) is 0 Å². The summed E-state index contributed by atoms with van der Waals surface area (Å²) in [6, 6.07) is 2.37. The Morgan fingerprint density at radius 2 is 2.16 bits per heavy atom. The van der Waals surface area contributed by atoms with E-state index in [0.717, 1.165) is 12.1 Å². The monoisotopic (exact) mass is 273 g/mol. The maximum atomic E-state index is 12.2. The number of hydrogen-bond donors (Lipinski definition) is 1. The lowest BCUT2D eigenvalue weighted by atomic mass is 10.1. The zero-order valence-electron chi connectivity index (χ0n) is 9.67. The number of nitrogens with zero attached hydrogens (tertiary/aromatic N) is 1. The molecule has 1 aromatic rings. The van der Waals surface area contributed by atoms with Gasteiger partial charge in [0.25, 0.3) is 0 Å². The average Bonchev–Trinajstić information content (AvgIpc) is 2.28. The van der Waals surface area contributed by atoms with Crippen molar-refractivity contribution in [1.82, 2.24) is 0 Å². The zero-order chi connectivity index (χ0) is 14.6. The lowest BCUT2D eigenvalue weighted by Gasteiger charge is -2.08. The van der Waals surface area contributed by atoms with Gasteiger partial charge in [-0.25, -0.2) is 4.79 Å². The summed E-state index contributed by atoms with van der Waals surface area (Å²) in [6.45, 7) is -1.72. The molecular weight excluding hydrogens is 264 g/mol. The second kappa shape index (κ2) is 5.89. The Bertz CT molecular complexity index is 542. The molecule has 0 aliphatic carbocycles. The van der Waals surface area contributed by atoms with E-state index >= 15 is 0 Å². The lowest BCUT2D eigenvalue weighted by Crippen LogP contribution is -2.06. The average molecular weight is 273 g/mol. The Kier molecular flexibility index (Phi) is 4.51. The van der Waals surface area contributed by atoms with Gasteiger partial charge in [-0.3, -0.25) is 10.1 Å². The molecule has 0 aliphatic rings. The van der Waals surface area contributed by atoms with E-state index in [0.29, 0.717) is 11.6 Å². The second-order valence-electron chi connectivity index (χ2n) is 3.45. The van der Waals surface area contributed by atoms with Gasteiger partial charge in [-0.05, 0) is 24.6 Å². The molecule has 0 unspecified atom stereocenters. The third kappa shape index (κ3) is 3.73. The van der Waals surface area contributed by atoms with Crippen molar-refractivity contribution in [3.63, 3.8) is 0 Å². The molecule has 0 spiro atoms. The van der Waals surface area contributed by atoms with Crippen molar-refractivity contribution in [3.05, 3.63) is 39.4 Å². The van der Waals surface area contributed by atoms with Gasteiger partial charge in [-0.15, -0.1) is 0 Å². The molecule has 6 nitrogen and oxygen atoms in total. The number of carboxylic acids is 1. The third-order valence-corrected chi connectivity index (χ3v) is 2.19. The smallest absolute Gasteiger partial charge is 0.387 e. The lowest BCUT2D eigenvalue weighted by molar-refractivity contribution is -0.386. The number of rotatable bonds is 5. The Morgan fingerprint density at radius 1 is 1.53 bits per heavy atom. The Balaban J connectivity index is 3.41. The van der Waals surface area contributed by atoms with Crippen LogP contribution in [-0.4, -0.2) is 22.6 Å². The molecular formula is C11H9F2NO5. The SMILES string of the molecule is Cc1ccc(OC(F)F)c([N+](=O)[O-])c1/C=C/C(=O)O. The summed E-state index contributed by atoms with van der Waals surface area (Å²) >= 11 is 0. The molecule has 0 atom stereocenters. The maximum absolute atomic E-state index is 12.2. The quantitative estimate of drug-likeness (QED) is 0.506. The summed E-state index contributed by atoms with van der Waals surface area (Å²) in [5.74, 6) is -1.93. The summed E-state index contributed by atoms with van der Waals surface area (Å²) in [7, 11) is 0. The van der Waals surface area contributed by atoms with E-state index in [1.165, 1.54) is 13.0 Å². The number of aryl methyl sites for hydroxylation is 1. The molecule has 102 valence electrons. The van der Waals surface area contributed by atoms with E-state index in [9.17, 15) is 23.7 Å². The number of benzene rings is 1. The first-order valence-corrected chi connectivity index (χ1v) is 4.96. The molecule has 8 heteroatoms. The van der Waals surface area contributed by atoms with Crippen molar-refractivity contribution in [1.29, 1.82) is 0 Å². The number of carboxylic acid groups (broad SMARTS) is 1. The summed E-state index contributed by atoms with van der Waals surface area (Å²) in [5.41, 5.74) is -0.422. The van der Waals surface area contributed by atoms with Gasteiger partial charge < -0.3 is 9.84 Å². The van der Waals surface area contributed by atoms with Crippen LogP contribution in [0.25, 0.3) is 6.08 Å². The number of alkyl halides is 2. The standard InChI is InChI=1S/C11H9F2NO5/c1-6-2-4-8(19-11(12)13)10(14(17)18)7(6)3-5-9(15)16/h2-5,11H,1H3,(H,15,16)/b5-3+. The zero-order valence-corrected chi connectivity index (χ0v) is 9.67. The summed E-state index contributed by atoms with van der Waals surface area (Å²) < 4.78 is 28.4. The molecule has 19 heavy (non-hydrogen) atoms. The van der Waals surface area contributed by atoms with Crippen molar-refractivity contribution in [2.75, 3.05) is 0 Å². The van der Waals surface area contributed by atoms with E-state index < -0.39 is 28.9 Å². The van der Waals surface area contributed by atoms with Gasteiger partial charge in [0, 0.05) is 6.08 Å². The number of nitro groups is 1. The summed E-state index contributed by atoms with van der Waals surface area (Å²) in [6.07, 6.45) is 1.65. The molecule has 0 bridgehead atoms. The summed E-state index contributed by atoms with van der Waals surface area (Å²) in [5, 5.41) is 19.4. The molecule has 1 aromatic carbocycles. The molecule has 0 heterocycles. The predicted molar refractivity (Wildman–Crippen MR) is 61.1 cm³/mol. The highest BCUT2D eigenvalue weighted by Crippen LogP contribution is 2.35. The predicted octanol–water partition coefficient (Wildman–Crippen LogP) is 2.60. The highest BCUT2D eigenvalue weighted by molar-refractivity contribution is 5.87. The topological polar surface area (TPSA) is 89.7 Å². The normalized spacial score (nSPS) is 10.9. The minimum Gasteiger partial charge on any atom is -0.478 e. The van der Waals surface area contributed by atoms with E-state index in [1.807, 2.05) is 0 Å². The highest BCUT2D eigenvalue weighted by atomic mass is 19.3. The van der Waals surface area contributed by atoms with Crippen LogP contribution in [-0.2, 0) is 4.79 Å². The van der Waals surface area contributed by atoms with Crippen molar-refractivity contribution in [2.45, 2.75) is 13.5 Å². The minimum absolute atomic E-state index is 0.0921. The van der Waals surface area contributed by atoms with Crippen molar-refractivity contribution in [2.24, 2.45) is 0 Å². The van der Waals surface area contributed by atoms with Crippen LogP contribution < -0.4 is 4.74 Å². The molecule has 0 aliphatic heterocycles. The molecule has 0 fully saturated rings. The van der Waals surface area contributed by atoms with Gasteiger partial charge in [0.05, 0.1) is 10.5 Å². The third-order valence-electron chi connectivity index (χ3n) is 2.19. The van der Waals surface area contributed by atoms with Crippen LogP contribution in [0.5, 0.6) is 5.75 Å². The Hall–Kier alpha value is -2.51. The first-order chi connectivity index (χ1) is 8.82. The van der Waals surface area contributed by atoms with Crippen LogP contribution in [0.2, 0.25) is 0 Å². The van der Waals surface area contributed by atoms with Crippen LogP contribution in [0, 0.1) is 17.0 Å². The van der Waals surface area contributed by atoms with Crippen LogP contribution >= 0.6 is 0 Å². The van der Waals surface area contributed by atoms with Crippen LogP contribution in [0.3, 0.4) is 0 Å². The van der Waals surface area contributed by atoms with Crippen LogP contribution in [0.1, 0.15) is 11.1 Å². The molecule has 1 rings (SSSR count). The molecule has 0 amide bonds. The van der Waals surface area contributed by atoms with Crippen molar-refractivity contribution < 1.29 is 28.3 Å². The number of halogens is 2. The van der Waals surface area contributed by atoms with Gasteiger partial charge in [-0.2, -0.15) is 8.78 Å². The van der Waals surface area contributed by atoms with E-state index in [2.05, 4.69) is 4.74 Å². The van der Waals surface area contributed by atoms with Crippen molar-refractivity contribution in [3.8, 4) is 5.75 Å². The molecule has 0 radical (unpaired) electrons. The van der Waals surface area contributed by atoms with Crippen molar-refractivity contribution >= 4 is 17.7 Å².